The van der Waals surface area contributed by atoms with Gasteiger partial charge >= 0.3 is 0 Å². The Hall–Kier alpha value is -2.32. The zero-order chi connectivity index (χ0) is 20.6. The second kappa shape index (κ2) is 8.31. The van der Waals surface area contributed by atoms with E-state index in [1.165, 1.54) is 5.69 Å². The molecule has 4 fully saturated rings. The van der Waals surface area contributed by atoms with Crippen LogP contribution < -0.4 is 14.5 Å². The number of hydrogen-bond donors (Lipinski definition) is 0. The van der Waals surface area contributed by atoms with Gasteiger partial charge in [0.05, 0.1) is 50.8 Å². The second-order valence-corrected chi connectivity index (χ2v) is 8.72. The minimum Gasteiger partial charge on any atom is -0.457 e. The van der Waals surface area contributed by atoms with Crippen LogP contribution in [0.15, 0.2) is 48.5 Å². The van der Waals surface area contributed by atoms with Crippen LogP contribution in [0.4, 0.5) is 11.4 Å². The van der Waals surface area contributed by atoms with Crippen LogP contribution in [0.3, 0.4) is 0 Å². The lowest BCUT2D eigenvalue weighted by atomic mass is 10.2. The predicted molar refractivity (Wildman–Crippen MR) is 116 cm³/mol. The van der Waals surface area contributed by atoms with Crippen LogP contribution in [0.5, 0.6) is 11.5 Å². The largest absolute Gasteiger partial charge is 0.457 e. The summed E-state index contributed by atoms with van der Waals surface area (Å²) in [6, 6.07) is 16.6. The molecule has 0 aliphatic carbocycles. The third kappa shape index (κ3) is 5.49. The lowest BCUT2D eigenvalue weighted by Gasteiger charge is -2.24. The van der Waals surface area contributed by atoms with Crippen LogP contribution in [0.25, 0.3) is 0 Å². The Labute approximate surface area is 182 Å². The van der Waals surface area contributed by atoms with E-state index in [1.54, 1.807) is 0 Å². The molecule has 4 heterocycles. The molecule has 4 aliphatic heterocycles. The van der Waals surface area contributed by atoms with Crippen molar-refractivity contribution in [2.75, 3.05) is 62.4 Å². The van der Waals surface area contributed by atoms with Gasteiger partial charge in [-0.05, 0) is 36.4 Å². The highest BCUT2D eigenvalue weighted by Crippen LogP contribution is 2.30. The van der Waals surface area contributed by atoms with Gasteiger partial charge in [0.25, 0.3) is 0 Å². The summed E-state index contributed by atoms with van der Waals surface area (Å²) in [6.45, 7) is 7.02. The maximum atomic E-state index is 6.17. The highest BCUT2D eigenvalue weighted by atomic mass is 16.6. The van der Waals surface area contributed by atoms with E-state index in [4.69, 9.17) is 23.7 Å². The highest BCUT2D eigenvalue weighted by molar-refractivity contribution is 5.53. The van der Waals surface area contributed by atoms with E-state index in [2.05, 4.69) is 34.1 Å². The molecule has 0 amide bonds. The first-order chi connectivity index (χ1) is 15.3. The number of anilines is 2. The molecule has 0 saturated carbocycles. The van der Waals surface area contributed by atoms with Crippen molar-refractivity contribution in [1.29, 1.82) is 0 Å². The first-order valence-electron chi connectivity index (χ1n) is 11.1. The third-order valence-electron chi connectivity index (χ3n) is 5.93. The zero-order valence-corrected chi connectivity index (χ0v) is 17.5. The number of epoxide rings is 4. The third-order valence-corrected chi connectivity index (χ3v) is 5.93. The molecular weight excluding hydrogens is 396 g/mol. The van der Waals surface area contributed by atoms with E-state index in [9.17, 15) is 0 Å². The molecule has 0 N–H and O–H groups in total. The van der Waals surface area contributed by atoms with Crippen LogP contribution >= 0.6 is 0 Å². The van der Waals surface area contributed by atoms with Crippen molar-refractivity contribution in [2.45, 2.75) is 24.4 Å². The molecule has 4 saturated heterocycles. The molecule has 4 unspecified atom stereocenters. The van der Waals surface area contributed by atoms with E-state index < -0.39 is 0 Å². The second-order valence-electron chi connectivity index (χ2n) is 8.72. The van der Waals surface area contributed by atoms with Gasteiger partial charge in [-0.15, -0.1) is 0 Å². The highest BCUT2D eigenvalue weighted by Gasteiger charge is 2.32. The summed E-state index contributed by atoms with van der Waals surface area (Å²) in [6.07, 6.45) is 1.37. The first kappa shape index (κ1) is 19.4. The Morgan fingerprint density at radius 2 is 1.10 bits per heavy atom. The van der Waals surface area contributed by atoms with Crippen molar-refractivity contribution in [1.82, 2.24) is 0 Å². The molecule has 0 spiro atoms. The predicted octanol–water partition coefficient (Wildman–Crippen LogP) is 2.69. The van der Waals surface area contributed by atoms with Crippen LogP contribution in [0, 0.1) is 0 Å². The minimum absolute atomic E-state index is 0.334. The Bertz CT molecular complexity index is 863. The Morgan fingerprint density at radius 3 is 1.58 bits per heavy atom. The Kier molecular flexibility index (Phi) is 5.20. The van der Waals surface area contributed by atoms with Crippen molar-refractivity contribution in [3.8, 4) is 11.5 Å². The normalized spacial score (nSPS) is 27.5. The van der Waals surface area contributed by atoms with Gasteiger partial charge in [0.1, 0.15) is 11.5 Å². The fourth-order valence-electron chi connectivity index (χ4n) is 3.85. The monoisotopic (exact) mass is 424 g/mol. The molecule has 6 rings (SSSR count). The molecular formula is C24H28N2O5. The maximum absolute atomic E-state index is 6.17. The van der Waals surface area contributed by atoms with Crippen molar-refractivity contribution in [3.05, 3.63) is 48.5 Å². The topological polar surface area (TPSA) is 65.8 Å². The molecule has 4 aliphatic rings. The lowest BCUT2D eigenvalue weighted by molar-refractivity contribution is 0.388. The quantitative estimate of drug-likeness (QED) is 0.486. The van der Waals surface area contributed by atoms with Crippen molar-refractivity contribution in [2.24, 2.45) is 0 Å². The number of nitrogens with zero attached hydrogens (tertiary/aromatic N) is 2. The average molecular weight is 424 g/mol. The summed E-state index contributed by atoms with van der Waals surface area (Å²) in [5.74, 6) is 1.66. The smallest absolute Gasteiger partial charge is 0.129 e. The summed E-state index contributed by atoms with van der Waals surface area (Å²) in [4.78, 5) is 4.68. The van der Waals surface area contributed by atoms with Gasteiger partial charge in [-0.25, -0.2) is 0 Å². The van der Waals surface area contributed by atoms with Crippen molar-refractivity contribution >= 4 is 11.4 Å². The summed E-state index contributed by atoms with van der Waals surface area (Å²) in [7, 11) is 0. The summed E-state index contributed by atoms with van der Waals surface area (Å²) >= 11 is 0. The van der Waals surface area contributed by atoms with E-state index in [-0.39, 0.29) is 0 Å². The van der Waals surface area contributed by atoms with Gasteiger partial charge < -0.3 is 33.5 Å². The standard InChI is InChI=1S/C24H28N2O5/c1-2-18(26(11-23-15-29-23)12-24-16-30-24)8-20(3-1)31-19-6-4-17(5-7-19)25(9-21-13-27-21)10-22-14-28-22/h1-8,21-24H,9-16H2. The number of hydrogen-bond acceptors (Lipinski definition) is 7. The summed E-state index contributed by atoms with van der Waals surface area (Å²) < 4.78 is 27.9. The van der Waals surface area contributed by atoms with E-state index in [1.807, 2.05) is 24.3 Å². The van der Waals surface area contributed by atoms with Gasteiger partial charge in [0.2, 0.25) is 0 Å². The van der Waals surface area contributed by atoms with Crippen molar-refractivity contribution in [3.63, 3.8) is 0 Å². The first-order valence-corrected chi connectivity index (χ1v) is 11.1. The fourth-order valence-corrected chi connectivity index (χ4v) is 3.85. The van der Waals surface area contributed by atoms with Crippen molar-refractivity contribution < 1.29 is 23.7 Å². The van der Waals surface area contributed by atoms with Gasteiger partial charge in [0.15, 0.2) is 0 Å². The SMILES string of the molecule is c1cc(Oc2ccc(N(CC3CO3)CC3CO3)cc2)cc(N(CC2CO2)CC2CO2)c1. The summed E-state index contributed by atoms with van der Waals surface area (Å²) in [5.41, 5.74) is 2.31. The van der Waals surface area contributed by atoms with Gasteiger partial charge in [0, 0.05) is 43.6 Å². The summed E-state index contributed by atoms with van der Waals surface area (Å²) in [5, 5.41) is 0. The van der Waals surface area contributed by atoms with E-state index in [0.29, 0.717) is 24.4 Å². The van der Waals surface area contributed by atoms with Crippen LogP contribution in [-0.4, -0.2) is 77.0 Å². The van der Waals surface area contributed by atoms with Gasteiger partial charge in [-0.3, -0.25) is 0 Å². The number of rotatable bonds is 12. The van der Waals surface area contributed by atoms with Gasteiger partial charge in [-0.2, -0.15) is 0 Å². The lowest BCUT2D eigenvalue weighted by Crippen LogP contribution is -2.31. The maximum Gasteiger partial charge on any atom is 0.129 e. The molecule has 31 heavy (non-hydrogen) atoms. The van der Waals surface area contributed by atoms with Crippen LogP contribution in [0.1, 0.15) is 0 Å². The van der Waals surface area contributed by atoms with Crippen LogP contribution in [0.2, 0.25) is 0 Å². The van der Waals surface area contributed by atoms with E-state index >= 15 is 0 Å². The van der Waals surface area contributed by atoms with Crippen LogP contribution in [-0.2, 0) is 18.9 Å². The molecule has 0 radical (unpaired) electrons. The Morgan fingerprint density at radius 1 is 0.613 bits per heavy atom. The molecule has 7 heteroatoms. The molecule has 4 atom stereocenters. The molecule has 7 nitrogen and oxygen atoms in total. The zero-order valence-electron chi connectivity index (χ0n) is 17.5. The van der Waals surface area contributed by atoms with E-state index in [0.717, 1.165) is 69.8 Å². The molecule has 2 aromatic rings. The number of ether oxygens (including phenoxy) is 5. The molecule has 0 bridgehead atoms. The molecule has 2 aromatic carbocycles. The average Bonchev–Trinajstić information content (AvgIpc) is 3.62. The Balaban J connectivity index is 1.12. The molecule has 164 valence electrons. The minimum atomic E-state index is 0.334. The van der Waals surface area contributed by atoms with Gasteiger partial charge in [-0.1, -0.05) is 6.07 Å². The molecule has 0 aromatic heterocycles. The number of benzene rings is 2. The fraction of sp³-hybridized carbons (Fsp3) is 0.500.